The van der Waals surface area contributed by atoms with Crippen LogP contribution in [0.5, 0.6) is 5.75 Å². The Morgan fingerprint density at radius 2 is 1.71 bits per heavy atom. The number of benzene rings is 1. The van der Waals surface area contributed by atoms with Crippen LogP contribution < -0.4 is 4.74 Å². The molecule has 0 aliphatic rings. The predicted octanol–water partition coefficient (Wildman–Crippen LogP) is 5.77. The quantitative estimate of drug-likeness (QED) is 0.296. The van der Waals surface area contributed by atoms with E-state index >= 15 is 0 Å². The smallest absolute Gasteiger partial charge is 0.271 e. The first kappa shape index (κ1) is 17.8. The molecule has 0 atom stereocenters. The molecule has 1 aromatic carbocycles. The molecule has 4 nitrogen and oxygen atoms in total. The largest absolute Gasteiger partial charge is 0.492 e. The van der Waals surface area contributed by atoms with Gasteiger partial charge >= 0.3 is 0 Å². The van der Waals surface area contributed by atoms with E-state index in [2.05, 4.69) is 6.92 Å². The molecule has 0 aromatic heterocycles. The van der Waals surface area contributed by atoms with Gasteiger partial charge in [-0.3, -0.25) is 10.1 Å². The molecule has 0 bridgehead atoms. The van der Waals surface area contributed by atoms with Crippen molar-refractivity contribution in [2.24, 2.45) is 0 Å². The number of nitro groups is 1. The second-order valence-electron chi connectivity index (χ2n) is 5.20. The molecule has 0 radical (unpaired) electrons. The summed E-state index contributed by atoms with van der Waals surface area (Å²) in [7, 11) is 0. The SMILES string of the molecule is CCCCCCCCCCOc1ccc([N+](=O)[O-])cc1Cl. The zero-order chi connectivity index (χ0) is 15.5. The van der Waals surface area contributed by atoms with Crippen LogP contribution in [-0.2, 0) is 0 Å². The highest BCUT2D eigenvalue weighted by atomic mass is 35.5. The summed E-state index contributed by atoms with van der Waals surface area (Å²) in [4.78, 5) is 10.1. The third kappa shape index (κ3) is 7.32. The van der Waals surface area contributed by atoms with E-state index in [9.17, 15) is 10.1 Å². The van der Waals surface area contributed by atoms with Crippen LogP contribution in [-0.4, -0.2) is 11.5 Å². The fourth-order valence-corrected chi connectivity index (χ4v) is 2.37. The number of ether oxygens (including phenoxy) is 1. The summed E-state index contributed by atoms with van der Waals surface area (Å²) >= 11 is 5.96. The Balaban J connectivity index is 2.14. The second-order valence-corrected chi connectivity index (χ2v) is 5.60. The molecule has 0 aliphatic carbocycles. The predicted molar refractivity (Wildman–Crippen MR) is 86.2 cm³/mol. The number of halogens is 1. The minimum Gasteiger partial charge on any atom is -0.492 e. The van der Waals surface area contributed by atoms with Gasteiger partial charge in [0.05, 0.1) is 16.6 Å². The van der Waals surface area contributed by atoms with Gasteiger partial charge in [-0.05, 0) is 12.5 Å². The monoisotopic (exact) mass is 313 g/mol. The Morgan fingerprint density at radius 3 is 2.29 bits per heavy atom. The number of non-ortho nitro benzene ring substituents is 1. The van der Waals surface area contributed by atoms with Crippen LogP contribution in [0.3, 0.4) is 0 Å². The molecular formula is C16H24ClNO3. The van der Waals surface area contributed by atoms with E-state index in [4.69, 9.17) is 16.3 Å². The first-order valence-corrected chi connectivity index (χ1v) is 8.09. The molecule has 0 spiro atoms. The van der Waals surface area contributed by atoms with Gasteiger partial charge in [-0.2, -0.15) is 0 Å². The summed E-state index contributed by atoms with van der Waals surface area (Å²) in [6, 6.07) is 4.30. The number of hydrogen-bond donors (Lipinski definition) is 0. The van der Waals surface area contributed by atoms with Crippen molar-refractivity contribution in [2.75, 3.05) is 6.61 Å². The second kappa shape index (κ2) is 10.4. The van der Waals surface area contributed by atoms with Gasteiger partial charge < -0.3 is 4.74 Å². The molecule has 0 N–H and O–H groups in total. The van der Waals surface area contributed by atoms with Gasteiger partial charge in [0.25, 0.3) is 5.69 Å². The van der Waals surface area contributed by atoms with E-state index in [0.29, 0.717) is 17.4 Å². The maximum atomic E-state index is 10.6. The first-order chi connectivity index (χ1) is 10.1. The average molecular weight is 314 g/mol. The molecule has 0 aliphatic heterocycles. The highest BCUT2D eigenvalue weighted by molar-refractivity contribution is 6.32. The van der Waals surface area contributed by atoms with Crippen molar-refractivity contribution < 1.29 is 9.66 Å². The Bertz CT molecular complexity index is 438. The molecule has 1 aromatic rings. The normalized spacial score (nSPS) is 10.6. The van der Waals surface area contributed by atoms with Crippen LogP contribution in [0, 0.1) is 10.1 Å². The third-order valence-corrected chi connectivity index (χ3v) is 3.68. The molecule has 0 unspecified atom stereocenters. The average Bonchev–Trinajstić information content (AvgIpc) is 2.46. The van der Waals surface area contributed by atoms with E-state index in [0.717, 1.165) is 12.8 Å². The van der Waals surface area contributed by atoms with Crippen LogP contribution in [0.4, 0.5) is 5.69 Å². The Kier molecular flexibility index (Phi) is 8.83. The zero-order valence-electron chi connectivity index (χ0n) is 12.6. The van der Waals surface area contributed by atoms with Gasteiger partial charge in [-0.25, -0.2) is 0 Å². The van der Waals surface area contributed by atoms with Gasteiger partial charge in [0.15, 0.2) is 0 Å². The molecule has 0 saturated heterocycles. The molecule has 0 amide bonds. The fourth-order valence-electron chi connectivity index (χ4n) is 2.14. The summed E-state index contributed by atoms with van der Waals surface area (Å²) in [5.74, 6) is 0.519. The van der Waals surface area contributed by atoms with Gasteiger partial charge in [-0.15, -0.1) is 0 Å². The lowest BCUT2D eigenvalue weighted by atomic mass is 10.1. The van der Waals surface area contributed by atoms with Crippen molar-refractivity contribution in [1.82, 2.24) is 0 Å². The van der Waals surface area contributed by atoms with Crippen LogP contribution >= 0.6 is 11.6 Å². The Labute approximate surface area is 131 Å². The number of rotatable bonds is 11. The van der Waals surface area contributed by atoms with Crippen molar-refractivity contribution in [2.45, 2.75) is 58.3 Å². The maximum Gasteiger partial charge on any atom is 0.271 e. The van der Waals surface area contributed by atoms with Crippen molar-refractivity contribution in [3.05, 3.63) is 33.3 Å². The molecule has 1 rings (SSSR count). The third-order valence-electron chi connectivity index (χ3n) is 3.38. The highest BCUT2D eigenvalue weighted by Crippen LogP contribution is 2.28. The fraction of sp³-hybridized carbons (Fsp3) is 0.625. The number of unbranched alkanes of at least 4 members (excludes halogenated alkanes) is 7. The van der Waals surface area contributed by atoms with Gasteiger partial charge in [0.1, 0.15) is 5.75 Å². The molecule has 21 heavy (non-hydrogen) atoms. The molecule has 0 fully saturated rings. The number of nitro benzene ring substituents is 1. The minimum absolute atomic E-state index is 0.0144. The van der Waals surface area contributed by atoms with Crippen LogP contribution in [0.1, 0.15) is 58.3 Å². The van der Waals surface area contributed by atoms with Crippen molar-refractivity contribution in [1.29, 1.82) is 0 Å². The van der Waals surface area contributed by atoms with Crippen molar-refractivity contribution in [3.63, 3.8) is 0 Å². The molecule has 0 saturated carbocycles. The van der Waals surface area contributed by atoms with Crippen LogP contribution in [0.25, 0.3) is 0 Å². The maximum absolute atomic E-state index is 10.6. The lowest BCUT2D eigenvalue weighted by Gasteiger charge is -2.07. The summed E-state index contributed by atoms with van der Waals surface area (Å²) in [5.41, 5.74) is -0.0144. The number of hydrogen-bond acceptors (Lipinski definition) is 3. The minimum atomic E-state index is -0.464. The van der Waals surface area contributed by atoms with Gasteiger partial charge in [0.2, 0.25) is 0 Å². The zero-order valence-corrected chi connectivity index (χ0v) is 13.4. The molecule has 0 heterocycles. The van der Waals surface area contributed by atoms with Crippen LogP contribution in [0.15, 0.2) is 18.2 Å². The summed E-state index contributed by atoms with van der Waals surface area (Å²) in [6.07, 6.45) is 9.94. The van der Waals surface area contributed by atoms with Crippen molar-refractivity contribution in [3.8, 4) is 5.75 Å². The van der Waals surface area contributed by atoms with E-state index in [-0.39, 0.29) is 5.69 Å². The summed E-state index contributed by atoms with van der Waals surface area (Å²) < 4.78 is 5.56. The van der Waals surface area contributed by atoms with Gasteiger partial charge in [-0.1, -0.05) is 63.5 Å². The summed E-state index contributed by atoms with van der Waals surface area (Å²) in [5, 5.41) is 10.9. The lowest BCUT2D eigenvalue weighted by molar-refractivity contribution is -0.384. The molecule has 5 heteroatoms. The highest BCUT2D eigenvalue weighted by Gasteiger charge is 2.09. The molecular weight excluding hydrogens is 290 g/mol. The number of nitrogens with zero attached hydrogens (tertiary/aromatic N) is 1. The van der Waals surface area contributed by atoms with E-state index in [1.165, 1.54) is 50.7 Å². The Morgan fingerprint density at radius 1 is 1.10 bits per heavy atom. The van der Waals surface area contributed by atoms with E-state index < -0.39 is 4.92 Å². The topological polar surface area (TPSA) is 52.4 Å². The first-order valence-electron chi connectivity index (χ1n) is 7.72. The lowest BCUT2D eigenvalue weighted by Crippen LogP contribution is -1.98. The van der Waals surface area contributed by atoms with E-state index in [1.54, 1.807) is 6.07 Å². The van der Waals surface area contributed by atoms with Crippen LogP contribution in [0.2, 0.25) is 5.02 Å². The molecule has 118 valence electrons. The Hall–Kier alpha value is -1.29. The standard InChI is InChI=1S/C16H24ClNO3/c1-2-3-4-5-6-7-8-9-12-21-16-11-10-14(18(19)20)13-15(16)17/h10-11,13H,2-9,12H2,1H3. The van der Waals surface area contributed by atoms with Gasteiger partial charge in [0, 0.05) is 12.1 Å². The summed E-state index contributed by atoms with van der Waals surface area (Å²) in [6.45, 7) is 2.83. The van der Waals surface area contributed by atoms with Crippen molar-refractivity contribution >= 4 is 17.3 Å². The van der Waals surface area contributed by atoms with E-state index in [1.807, 2.05) is 0 Å².